The summed E-state index contributed by atoms with van der Waals surface area (Å²) >= 11 is 0. The Balaban J connectivity index is 1.60. The van der Waals surface area contributed by atoms with Gasteiger partial charge in [-0.15, -0.1) is 0 Å². The lowest BCUT2D eigenvalue weighted by Crippen LogP contribution is -2.33. The molecule has 1 spiro atoms. The zero-order valence-electron chi connectivity index (χ0n) is 13.6. The van der Waals surface area contributed by atoms with E-state index in [2.05, 4.69) is 91.1 Å². The molecule has 1 nitrogen and oxygen atoms in total. The molecule has 1 radical (unpaired) electrons. The quantitative estimate of drug-likeness (QED) is 0.642. The molecule has 2 aromatic carbocycles. The lowest BCUT2D eigenvalue weighted by molar-refractivity contribution is 0.841. The first-order chi connectivity index (χ1) is 12.4. The van der Waals surface area contributed by atoms with Crippen LogP contribution in [0.1, 0.15) is 16.7 Å². The minimum absolute atomic E-state index is 0.272. The Morgan fingerprint density at radius 3 is 2.32 bits per heavy atom. The summed E-state index contributed by atoms with van der Waals surface area (Å²) in [4.78, 5) is 5.05. The predicted octanol–water partition coefficient (Wildman–Crippen LogP) is 5.10. The van der Waals surface area contributed by atoms with Gasteiger partial charge in [0.05, 0.1) is 16.1 Å². The largest absolute Gasteiger partial charge is 0.285 e. The molecular weight excluding hydrogens is 302 g/mol. The van der Waals surface area contributed by atoms with Crippen molar-refractivity contribution in [1.82, 2.24) is 4.99 Å². The standard InChI is InChI=1S/C24H15N/c1-2-8-17-16(7-1)15-21-18(17)10-5-13-24(21)14-6-11-20-19-9-3-4-12-22(19)25-23(20)24/h1-15H/q+1. The van der Waals surface area contributed by atoms with Crippen molar-refractivity contribution >= 4 is 28.6 Å². The average molecular weight is 317 g/mol. The Hall–Kier alpha value is -3.19. The second-order valence-electron chi connectivity index (χ2n) is 6.87. The van der Waals surface area contributed by atoms with Crippen molar-refractivity contribution < 1.29 is 0 Å². The summed E-state index contributed by atoms with van der Waals surface area (Å²) < 4.78 is 0. The van der Waals surface area contributed by atoms with E-state index in [1.54, 1.807) is 0 Å². The first-order valence-electron chi connectivity index (χ1n) is 8.67. The van der Waals surface area contributed by atoms with Gasteiger partial charge in [-0.25, -0.2) is 0 Å². The van der Waals surface area contributed by atoms with Crippen LogP contribution in [0.3, 0.4) is 0 Å². The van der Waals surface area contributed by atoms with E-state index in [9.17, 15) is 0 Å². The molecule has 115 valence electrons. The summed E-state index contributed by atoms with van der Waals surface area (Å²) in [6.45, 7) is 0. The topological polar surface area (TPSA) is 14.1 Å². The first kappa shape index (κ1) is 13.1. The molecule has 1 heterocycles. The van der Waals surface area contributed by atoms with E-state index >= 15 is 0 Å². The third-order valence-corrected chi connectivity index (χ3v) is 5.60. The molecule has 0 bridgehead atoms. The highest BCUT2D eigenvalue weighted by Crippen LogP contribution is 2.53. The molecule has 0 saturated carbocycles. The van der Waals surface area contributed by atoms with Crippen molar-refractivity contribution in [2.45, 2.75) is 0 Å². The van der Waals surface area contributed by atoms with Crippen LogP contribution in [0.25, 0.3) is 17.2 Å². The zero-order valence-corrected chi connectivity index (χ0v) is 13.6. The number of fused-ring (bicyclic) bond motifs is 8. The van der Waals surface area contributed by atoms with Gasteiger partial charge < -0.3 is 0 Å². The maximum atomic E-state index is 5.05. The monoisotopic (exact) mass is 317 g/mol. The lowest BCUT2D eigenvalue weighted by Gasteiger charge is -2.30. The van der Waals surface area contributed by atoms with Crippen LogP contribution < -0.4 is 4.99 Å². The van der Waals surface area contributed by atoms with Crippen LogP contribution in [0, 0.1) is 5.41 Å². The van der Waals surface area contributed by atoms with Crippen molar-refractivity contribution in [3.05, 3.63) is 107 Å². The molecule has 1 unspecified atom stereocenters. The van der Waals surface area contributed by atoms with Crippen LogP contribution >= 0.6 is 0 Å². The van der Waals surface area contributed by atoms with Crippen LogP contribution in [0.5, 0.6) is 0 Å². The zero-order chi connectivity index (χ0) is 16.4. The number of rotatable bonds is 0. The fourth-order valence-electron chi connectivity index (χ4n) is 4.47. The fourth-order valence-corrected chi connectivity index (χ4v) is 4.47. The normalized spacial score (nSPS) is 24.0. The molecule has 0 N–H and O–H groups in total. The van der Waals surface area contributed by atoms with E-state index in [0.717, 1.165) is 11.4 Å². The summed E-state index contributed by atoms with van der Waals surface area (Å²) in [6.07, 6.45) is 15.7. The van der Waals surface area contributed by atoms with Crippen LogP contribution in [0.4, 0.5) is 5.69 Å². The van der Waals surface area contributed by atoms with Gasteiger partial charge >= 0.3 is 0 Å². The molecule has 0 fully saturated rings. The SMILES string of the molecule is C1=CC2(C=CC=C3C2=[N+]c2ccccc23)C2=Cc3ccccc3C2=C1. The number of aliphatic imine (C=N–C) groups is 1. The molecule has 1 atom stereocenters. The van der Waals surface area contributed by atoms with Crippen LogP contribution in [-0.4, -0.2) is 5.71 Å². The Kier molecular flexibility index (Phi) is 2.34. The van der Waals surface area contributed by atoms with Crippen molar-refractivity contribution in [1.29, 1.82) is 0 Å². The maximum Gasteiger partial charge on any atom is 0.285 e. The summed E-state index contributed by atoms with van der Waals surface area (Å²) in [6, 6.07) is 17.1. The van der Waals surface area contributed by atoms with Gasteiger partial charge in [-0.05, 0) is 40.5 Å². The lowest BCUT2D eigenvalue weighted by atomic mass is 9.67. The number of para-hydroxylation sites is 1. The van der Waals surface area contributed by atoms with Crippen molar-refractivity contribution in [2.75, 3.05) is 0 Å². The molecule has 0 saturated heterocycles. The molecule has 4 aliphatic rings. The van der Waals surface area contributed by atoms with Gasteiger partial charge in [0, 0.05) is 6.07 Å². The predicted molar refractivity (Wildman–Crippen MR) is 104 cm³/mol. The average Bonchev–Trinajstić information content (AvgIpc) is 3.23. The van der Waals surface area contributed by atoms with E-state index in [1.807, 2.05) is 0 Å². The highest BCUT2D eigenvalue weighted by Gasteiger charge is 2.52. The molecule has 1 heteroatoms. The van der Waals surface area contributed by atoms with Crippen molar-refractivity contribution in [2.24, 2.45) is 5.41 Å². The maximum absolute atomic E-state index is 5.05. The van der Waals surface area contributed by atoms with Crippen molar-refractivity contribution in [3.8, 4) is 0 Å². The number of nitrogens with zero attached hydrogens (tertiary/aromatic N) is 1. The van der Waals surface area contributed by atoms with Gasteiger partial charge in [0.15, 0.2) is 0 Å². The Morgan fingerprint density at radius 2 is 1.44 bits per heavy atom. The minimum Gasteiger partial charge on any atom is -0.0639 e. The van der Waals surface area contributed by atoms with Gasteiger partial charge in [0.25, 0.3) is 11.4 Å². The molecule has 6 rings (SSSR count). The summed E-state index contributed by atoms with van der Waals surface area (Å²) in [5, 5.41) is 0. The fraction of sp³-hybridized carbons (Fsp3) is 0.0417. The number of allylic oxidation sites excluding steroid dienone is 9. The van der Waals surface area contributed by atoms with E-state index in [0.29, 0.717) is 0 Å². The third-order valence-electron chi connectivity index (χ3n) is 5.60. The second-order valence-corrected chi connectivity index (χ2v) is 6.87. The summed E-state index contributed by atoms with van der Waals surface area (Å²) in [5.74, 6) is 0. The van der Waals surface area contributed by atoms with Crippen LogP contribution in [-0.2, 0) is 0 Å². The smallest absolute Gasteiger partial charge is 0.0639 e. The van der Waals surface area contributed by atoms with Crippen LogP contribution in [0.15, 0.2) is 90.6 Å². The third kappa shape index (κ3) is 1.56. The number of benzene rings is 2. The molecule has 1 aliphatic heterocycles. The highest BCUT2D eigenvalue weighted by atomic mass is 14.8. The first-order valence-corrected chi connectivity index (χ1v) is 8.67. The molecule has 25 heavy (non-hydrogen) atoms. The van der Waals surface area contributed by atoms with Gasteiger partial charge in [-0.1, -0.05) is 66.8 Å². The Labute approximate surface area is 146 Å². The van der Waals surface area contributed by atoms with E-state index in [4.69, 9.17) is 4.99 Å². The summed E-state index contributed by atoms with van der Waals surface area (Å²) in [5.41, 5.74) is 9.72. The van der Waals surface area contributed by atoms with E-state index < -0.39 is 0 Å². The van der Waals surface area contributed by atoms with Crippen molar-refractivity contribution in [3.63, 3.8) is 0 Å². The Bertz CT molecular complexity index is 1040. The molecule has 0 amide bonds. The van der Waals surface area contributed by atoms with Crippen LogP contribution in [0.2, 0.25) is 0 Å². The Morgan fingerprint density at radius 1 is 0.720 bits per heavy atom. The van der Waals surface area contributed by atoms with Gasteiger partial charge in [-0.3, -0.25) is 0 Å². The second kappa shape index (κ2) is 4.46. The van der Waals surface area contributed by atoms with E-state index in [-0.39, 0.29) is 5.41 Å². The molecule has 3 aliphatic carbocycles. The number of hydrogen-bond acceptors (Lipinski definition) is 1. The molecular formula is C24H15N+. The van der Waals surface area contributed by atoms with Gasteiger partial charge in [0.1, 0.15) is 5.41 Å². The molecule has 0 aromatic heterocycles. The highest BCUT2D eigenvalue weighted by molar-refractivity contribution is 6.34. The van der Waals surface area contributed by atoms with Gasteiger partial charge in [-0.2, -0.15) is 0 Å². The number of hydrogen-bond donors (Lipinski definition) is 0. The minimum atomic E-state index is -0.272. The van der Waals surface area contributed by atoms with E-state index in [1.165, 1.54) is 33.4 Å². The summed E-state index contributed by atoms with van der Waals surface area (Å²) in [7, 11) is 0. The van der Waals surface area contributed by atoms with Gasteiger partial charge in [0.2, 0.25) is 0 Å². The molecule has 2 aromatic rings.